The minimum absolute atomic E-state index is 0.00154. The molecule has 0 N–H and O–H groups in total. The van der Waals surface area contributed by atoms with Crippen molar-refractivity contribution < 1.29 is 33.4 Å². The Balaban J connectivity index is 2.99. The summed E-state index contributed by atoms with van der Waals surface area (Å²) in [7, 11) is 0. The third-order valence-corrected chi connectivity index (χ3v) is 5.72. The molecular formula is C22H28O7S2. The first-order valence-electron chi connectivity index (χ1n) is 9.84. The number of carbonyl (C=O) groups is 5. The molecule has 0 aliphatic heterocycles. The van der Waals surface area contributed by atoms with Crippen molar-refractivity contribution in [3.05, 3.63) is 29.3 Å². The van der Waals surface area contributed by atoms with Crippen LogP contribution in [0.5, 0.6) is 5.75 Å². The van der Waals surface area contributed by atoms with Gasteiger partial charge in [-0.2, -0.15) is 12.6 Å². The number of esters is 2. The molecule has 0 aliphatic rings. The Morgan fingerprint density at radius 3 is 2.16 bits per heavy atom. The van der Waals surface area contributed by atoms with Crippen LogP contribution in [-0.2, 0) is 23.9 Å². The highest BCUT2D eigenvalue weighted by molar-refractivity contribution is 8.14. The molecule has 0 amide bonds. The van der Waals surface area contributed by atoms with Crippen LogP contribution in [-0.4, -0.2) is 46.7 Å². The fourth-order valence-corrected chi connectivity index (χ4v) is 3.92. The van der Waals surface area contributed by atoms with Crippen molar-refractivity contribution in [2.75, 3.05) is 18.1 Å². The standard InChI is InChI=1S/C22H28O7S2/c1-5-28-20(25)17(10-15(4)24)12-31-22(27)18-7-6-13(2)8-19(18)29-21(26)16(11-30)9-14(3)23/h6-8,16-17,30H,5,9-12H2,1-4H3. The van der Waals surface area contributed by atoms with Crippen molar-refractivity contribution in [1.29, 1.82) is 0 Å². The molecule has 0 bridgehead atoms. The molecule has 7 nitrogen and oxygen atoms in total. The van der Waals surface area contributed by atoms with E-state index in [9.17, 15) is 24.0 Å². The Morgan fingerprint density at radius 1 is 1.00 bits per heavy atom. The molecule has 2 atom stereocenters. The fraction of sp³-hybridized carbons (Fsp3) is 0.500. The second kappa shape index (κ2) is 13.3. The number of carbonyl (C=O) groups excluding carboxylic acids is 5. The number of aryl methyl sites for hydroxylation is 1. The SMILES string of the molecule is CCOC(=O)C(CSC(=O)c1ccc(C)cc1OC(=O)C(CS)CC(C)=O)CC(C)=O. The zero-order chi connectivity index (χ0) is 23.6. The third kappa shape index (κ3) is 9.26. The van der Waals surface area contributed by atoms with Crippen LogP contribution in [0.15, 0.2) is 18.2 Å². The Morgan fingerprint density at radius 2 is 1.61 bits per heavy atom. The van der Waals surface area contributed by atoms with Gasteiger partial charge in [0.25, 0.3) is 0 Å². The maximum Gasteiger partial charge on any atom is 0.315 e. The van der Waals surface area contributed by atoms with Gasteiger partial charge in [0.2, 0.25) is 5.12 Å². The molecule has 0 aliphatic carbocycles. The van der Waals surface area contributed by atoms with Crippen LogP contribution in [0.25, 0.3) is 0 Å². The number of rotatable bonds is 12. The summed E-state index contributed by atoms with van der Waals surface area (Å²) in [5.41, 5.74) is 0.939. The van der Waals surface area contributed by atoms with Gasteiger partial charge in [-0.05, 0) is 45.4 Å². The Hall–Kier alpha value is -2.13. The van der Waals surface area contributed by atoms with Gasteiger partial charge < -0.3 is 19.1 Å². The number of thiol groups is 1. The average Bonchev–Trinajstić information content (AvgIpc) is 2.68. The van der Waals surface area contributed by atoms with Crippen LogP contribution in [0.1, 0.15) is 49.5 Å². The minimum atomic E-state index is -0.744. The summed E-state index contributed by atoms with van der Waals surface area (Å²) in [5.74, 6) is -2.71. The topological polar surface area (TPSA) is 104 Å². The number of benzene rings is 1. The molecule has 0 spiro atoms. The van der Waals surface area contributed by atoms with Gasteiger partial charge in [0.1, 0.15) is 17.3 Å². The highest BCUT2D eigenvalue weighted by atomic mass is 32.2. The van der Waals surface area contributed by atoms with Crippen LogP contribution in [0.4, 0.5) is 0 Å². The van der Waals surface area contributed by atoms with E-state index in [0.717, 1.165) is 17.3 Å². The molecular weight excluding hydrogens is 440 g/mol. The molecule has 170 valence electrons. The first kappa shape index (κ1) is 26.9. The Labute approximate surface area is 192 Å². The summed E-state index contributed by atoms with van der Waals surface area (Å²) in [6.45, 7) is 6.38. The molecule has 0 heterocycles. The fourth-order valence-electron chi connectivity index (χ4n) is 2.72. The molecule has 0 saturated heterocycles. The van der Waals surface area contributed by atoms with E-state index >= 15 is 0 Å². The summed E-state index contributed by atoms with van der Waals surface area (Å²) in [6.07, 6.45) is -0.0258. The first-order chi connectivity index (χ1) is 14.6. The van der Waals surface area contributed by atoms with Crippen molar-refractivity contribution in [3.8, 4) is 5.75 Å². The molecule has 1 aromatic carbocycles. The van der Waals surface area contributed by atoms with E-state index in [1.54, 1.807) is 26.0 Å². The van der Waals surface area contributed by atoms with Crippen molar-refractivity contribution in [2.45, 2.75) is 40.5 Å². The van der Waals surface area contributed by atoms with E-state index in [1.165, 1.54) is 19.9 Å². The maximum absolute atomic E-state index is 12.8. The summed E-state index contributed by atoms with van der Waals surface area (Å²) in [4.78, 5) is 60.2. The Kier molecular flexibility index (Phi) is 11.6. The quantitative estimate of drug-likeness (QED) is 0.283. The molecule has 0 saturated carbocycles. The van der Waals surface area contributed by atoms with Crippen LogP contribution >= 0.6 is 24.4 Å². The summed E-state index contributed by atoms with van der Waals surface area (Å²) >= 11 is 4.96. The summed E-state index contributed by atoms with van der Waals surface area (Å²) in [6, 6.07) is 4.81. The van der Waals surface area contributed by atoms with Crippen molar-refractivity contribution in [2.24, 2.45) is 11.8 Å². The molecule has 0 fully saturated rings. The van der Waals surface area contributed by atoms with Crippen LogP contribution in [0.3, 0.4) is 0 Å². The summed E-state index contributed by atoms with van der Waals surface area (Å²) < 4.78 is 10.4. The molecule has 1 aromatic rings. The summed E-state index contributed by atoms with van der Waals surface area (Å²) in [5, 5.41) is -0.408. The van der Waals surface area contributed by atoms with Crippen LogP contribution < -0.4 is 4.74 Å². The highest BCUT2D eigenvalue weighted by Gasteiger charge is 2.26. The zero-order valence-corrected chi connectivity index (χ0v) is 19.8. The largest absolute Gasteiger partial charge is 0.466 e. The van der Waals surface area contributed by atoms with Gasteiger partial charge in [0, 0.05) is 24.3 Å². The number of ketones is 2. The molecule has 9 heteroatoms. The molecule has 31 heavy (non-hydrogen) atoms. The maximum atomic E-state index is 12.8. The first-order valence-corrected chi connectivity index (χ1v) is 11.5. The van der Waals surface area contributed by atoms with E-state index in [0.29, 0.717) is 0 Å². The van der Waals surface area contributed by atoms with E-state index in [-0.39, 0.29) is 53.8 Å². The van der Waals surface area contributed by atoms with E-state index in [2.05, 4.69) is 12.6 Å². The molecule has 0 radical (unpaired) electrons. The number of Topliss-reactive ketones (excluding diaryl/α,β-unsaturated/α-hetero) is 2. The molecule has 1 rings (SSSR count). The number of ether oxygens (including phenoxy) is 2. The van der Waals surface area contributed by atoms with Gasteiger partial charge in [0.15, 0.2) is 0 Å². The normalized spacial score (nSPS) is 12.5. The van der Waals surface area contributed by atoms with Crippen LogP contribution in [0.2, 0.25) is 0 Å². The minimum Gasteiger partial charge on any atom is -0.466 e. The number of thioether (sulfide) groups is 1. The highest BCUT2D eigenvalue weighted by Crippen LogP contribution is 2.28. The van der Waals surface area contributed by atoms with Crippen molar-refractivity contribution in [3.63, 3.8) is 0 Å². The van der Waals surface area contributed by atoms with E-state index < -0.39 is 28.9 Å². The van der Waals surface area contributed by atoms with Gasteiger partial charge in [0.05, 0.1) is 24.0 Å². The smallest absolute Gasteiger partial charge is 0.315 e. The average molecular weight is 469 g/mol. The lowest BCUT2D eigenvalue weighted by Crippen LogP contribution is -2.25. The van der Waals surface area contributed by atoms with Gasteiger partial charge >= 0.3 is 11.9 Å². The number of hydrogen-bond donors (Lipinski definition) is 1. The molecule has 0 aromatic heterocycles. The predicted octanol–water partition coefficient (Wildman–Crippen LogP) is 3.46. The zero-order valence-electron chi connectivity index (χ0n) is 18.1. The lowest BCUT2D eigenvalue weighted by Gasteiger charge is -2.16. The van der Waals surface area contributed by atoms with E-state index in [1.807, 2.05) is 0 Å². The molecule has 2 unspecified atom stereocenters. The number of hydrogen-bond acceptors (Lipinski definition) is 9. The predicted molar refractivity (Wildman–Crippen MR) is 122 cm³/mol. The van der Waals surface area contributed by atoms with Crippen molar-refractivity contribution in [1.82, 2.24) is 0 Å². The Bertz CT molecular complexity index is 835. The second-order valence-corrected chi connectivity index (χ2v) is 8.52. The lowest BCUT2D eigenvalue weighted by molar-refractivity contribution is -0.148. The van der Waals surface area contributed by atoms with Gasteiger partial charge in [-0.1, -0.05) is 17.8 Å². The van der Waals surface area contributed by atoms with Crippen LogP contribution in [0, 0.1) is 18.8 Å². The second-order valence-electron chi connectivity index (χ2n) is 7.16. The van der Waals surface area contributed by atoms with E-state index in [4.69, 9.17) is 9.47 Å². The van der Waals surface area contributed by atoms with Gasteiger partial charge in [-0.15, -0.1) is 0 Å². The monoisotopic (exact) mass is 468 g/mol. The van der Waals surface area contributed by atoms with Crippen molar-refractivity contribution >= 4 is 53.0 Å². The third-order valence-electron chi connectivity index (χ3n) is 4.22. The lowest BCUT2D eigenvalue weighted by atomic mass is 10.1. The van der Waals surface area contributed by atoms with Gasteiger partial charge in [-0.3, -0.25) is 14.4 Å². The van der Waals surface area contributed by atoms with Gasteiger partial charge in [-0.25, -0.2) is 0 Å².